The van der Waals surface area contributed by atoms with E-state index in [1.165, 1.54) is 17.9 Å². The van der Waals surface area contributed by atoms with Crippen LogP contribution in [0.2, 0.25) is 0 Å². The fourth-order valence-electron chi connectivity index (χ4n) is 3.35. The molecule has 3 heterocycles. The normalized spacial score (nSPS) is 19.3. The number of thiophene rings is 1. The van der Waals surface area contributed by atoms with Gasteiger partial charge in [-0.1, -0.05) is 13.8 Å². The highest BCUT2D eigenvalue weighted by Gasteiger charge is 2.23. The van der Waals surface area contributed by atoms with Gasteiger partial charge in [-0.2, -0.15) is 11.3 Å². The van der Waals surface area contributed by atoms with E-state index in [0.29, 0.717) is 5.92 Å². The second kappa shape index (κ2) is 7.40. The maximum Gasteiger partial charge on any atom is 0.122 e. The molecule has 1 atom stereocenters. The smallest absolute Gasteiger partial charge is 0.122 e. The van der Waals surface area contributed by atoms with Crippen molar-refractivity contribution in [2.75, 3.05) is 26.2 Å². The van der Waals surface area contributed by atoms with E-state index in [1.54, 1.807) is 11.3 Å². The quantitative estimate of drug-likeness (QED) is 0.818. The Bertz CT molecular complexity index is 559. The molecule has 0 N–H and O–H groups in total. The highest BCUT2D eigenvalue weighted by molar-refractivity contribution is 7.07. The number of aromatic nitrogens is 2. The maximum atomic E-state index is 4.56. The van der Waals surface area contributed by atoms with Gasteiger partial charge in [0.15, 0.2) is 0 Å². The van der Waals surface area contributed by atoms with Gasteiger partial charge in [-0.3, -0.25) is 4.90 Å². The Morgan fingerprint density at radius 1 is 1.32 bits per heavy atom. The van der Waals surface area contributed by atoms with Crippen LogP contribution >= 0.6 is 11.3 Å². The van der Waals surface area contributed by atoms with Crippen LogP contribution in [0.4, 0.5) is 0 Å². The lowest BCUT2D eigenvalue weighted by Crippen LogP contribution is -2.36. The van der Waals surface area contributed by atoms with Crippen LogP contribution in [0.5, 0.6) is 0 Å². The van der Waals surface area contributed by atoms with Gasteiger partial charge in [0.05, 0.1) is 6.54 Å². The van der Waals surface area contributed by atoms with Gasteiger partial charge < -0.3 is 9.47 Å². The zero-order valence-corrected chi connectivity index (χ0v) is 14.4. The summed E-state index contributed by atoms with van der Waals surface area (Å²) in [5, 5.41) is 4.43. The molecule has 0 unspecified atom stereocenters. The van der Waals surface area contributed by atoms with E-state index in [1.807, 2.05) is 6.20 Å². The summed E-state index contributed by atoms with van der Waals surface area (Å²) in [6.45, 7) is 12.2. The van der Waals surface area contributed by atoms with Crippen LogP contribution < -0.4 is 0 Å². The molecule has 0 bridgehead atoms. The van der Waals surface area contributed by atoms with Gasteiger partial charge in [-0.05, 0) is 35.5 Å². The first kappa shape index (κ1) is 15.7. The molecule has 22 heavy (non-hydrogen) atoms. The van der Waals surface area contributed by atoms with Gasteiger partial charge in [0.1, 0.15) is 5.82 Å². The minimum absolute atomic E-state index is 0.661. The minimum Gasteiger partial charge on any atom is -0.333 e. The van der Waals surface area contributed by atoms with E-state index < -0.39 is 0 Å². The molecule has 0 saturated heterocycles. The Labute approximate surface area is 137 Å². The standard InChI is InChI=1S/C17H26N4S/c1-3-19(4-2)10-16-11-20(9-15-5-8-22-14-15)13-17-18-6-7-21(17)12-16/h5-8,14,16H,3-4,9-13H2,1-2H3/t16-/m0/s1. The van der Waals surface area contributed by atoms with Crippen LogP contribution in [0.15, 0.2) is 29.2 Å². The van der Waals surface area contributed by atoms with E-state index in [4.69, 9.17) is 0 Å². The molecule has 0 aromatic carbocycles. The SMILES string of the molecule is CCN(CC)C[C@H]1CN(Cc2ccsc2)Cc2nccn2C1. The van der Waals surface area contributed by atoms with Gasteiger partial charge in [0.25, 0.3) is 0 Å². The van der Waals surface area contributed by atoms with Gasteiger partial charge in [-0.25, -0.2) is 4.98 Å². The Morgan fingerprint density at radius 2 is 2.18 bits per heavy atom. The average Bonchev–Trinajstić information content (AvgIpc) is 3.14. The molecule has 0 aliphatic carbocycles. The number of fused-ring (bicyclic) bond motifs is 1. The molecule has 120 valence electrons. The number of imidazole rings is 1. The summed E-state index contributed by atoms with van der Waals surface area (Å²) in [6.07, 6.45) is 4.08. The van der Waals surface area contributed by atoms with Crippen LogP contribution in [-0.4, -0.2) is 45.5 Å². The zero-order chi connectivity index (χ0) is 15.4. The van der Waals surface area contributed by atoms with Crippen molar-refractivity contribution < 1.29 is 0 Å². The third kappa shape index (κ3) is 3.77. The van der Waals surface area contributed by atoms with E-state index in [9.17, 15) is 0 Å². The van der Waals surface area contributed by atoms with Crippen molar-refractivity contribution in [2.24, 2.45) is 5.92 Å². The fourth-order valence-corrected chi connectivity index (χ4v) is 4.01. The molecule has 1 aliphatic rings. The zero-order valence-electron chi connectivity index (χ0n) is 13.6. The van der Waals surface area contributed by atoms with E-state index in [2.05, 4.69) is 56.2 Å². The number of hydrogen-bond donors (Lipinski definition) is 0. The van der Waals surface area contributed by atoms with Crippen molar-refractivity contribution in [1.29, 1.82) is 0 Å². The molecule has 4 nitrogen and oxygen atoms in total. The van der Waals surface area contributed by atoms with E-state index in [0.717, 1.165) is 39.3 Å². The summed E-state index contributed by atoms with van der Waals surface area (Å²) in [7, 11) is 0. The van der Waals surface area contributed by atoms with Crippen molar-refractivity contribution >= 4 is 11.3 Å². The molecule has 0 radical (unpaired) electrons. The number of nitrogens with zero attached hydrogens (tertiary/aromatic N) is 4. The summed E-state index contributed by atoms with van der Waals surface area (Å²) in [6, 6.07) is 2.24. The van der Waals surface area contributed by atoms with E-state index in [-0.39, 0.29) is 0 Å². The largest absolute Gasteiger partial charge is 0.333 e. The molecule has 0 spiro atoms. The van der Waals surface area contributed by atoms with Crippen LogP contribution in [0.3, 0.4) is 0 Å². The van der Waals surface area contributed by atoms with Crippen LogP contribution in [0, 0.1) is 5.92 Å². The van der Waals surface area contributed by atoms with Gasteiger partial charge in [-0.15, -0.1) is 0 Å². The fraction of sp³-hybridized carbons (Fsp3) is 0.588. The first-order valence-corrected chi connectivity index (χ1v) is 9.18. The van der Waals surface area contributed by atoms with Crippen molar-refractivity contribution in [1.82, 2.24) is 19.4 Å². The Balaban J connectivity index is 1.73. The van der Waals surface area contributed by atoms with Gasteiger partial charge in [0.2, 0.25) is 0 Å². The third-order valence-electron chi connectivity index (χ3n) is 4.54. The predicted molar refractivity (Wildman–Crippen MR) is 91.9 cm³/mol. The molecule has 0 fully saturated rings. The topological polar surface area (TPSA) is 24.3 Å². The van der Waals surface area contributed by atoms with Crippen molar-refractivity contribution in [3.8, 4) is 0 Å². The Kier molecular flexibility index (Phi) is 5.28. The van der Waals surface area contributed by atoms with E-state index >= 15 is 0 Å². The summed E-state index contributed by atoms with van der Waals surface area (Å²) in [5.74, 6) is 1.87. The lowest BCUT2D eigenvalue weighted by molar-refractivity contribution is 0.175. The second-order valence-electron chi connectivity index (χ2n) is 6.15. The summed E-state index contributed by atoms with van der Waals surface area (Å²) in [4.78, 5) is 9.66. The number of rotatable bonds is 6. The summed E-state index contributed by atoms with van der Waals surface area (Å²) >= 11 is 1.78. The molecular weight excluding hydrogens is 292 g/mol. The predicted octanol–water partition coefficient (Wildman–Crippen LogP) is 2.92. The summed E-state index contributed by atoms with van der Waals surface area (Å²) in [5.41, 5.74) is 1.42. The first-order chi connectivity index (χ1) is 10.8. The van der Waals surface area contributed by atoms with Gasteiger partial charge >= 0.3 is 0 Å². The monoisotopic (exact) mass is 318 g/mol. The molecule has 5 heteroatoms. The molecule has 0 saturated carbocycles. The third-order valence-corrected chi connectivity index (χ3v) is 5.27. The lowest BCUT2D eigenvalue weighted by Gasteiger charge is -2.28. The first-order valence-electron chi connectivity index (χ1n) is 8.24. The van der Waals surface area contributed by atoms with Crippen LogP contribution in [-0.2, 0) is 19.6 Å². The highest BCUT2D eigenvalue weighted by Crippen LogP contribution is 2.19. The molecule has 1 aliphatic heterocycles. The minimum atomic E-state index is 0.661. The van der Waals surface area contributed by atoms with Crippen LogP contribution in [0.25, 0.3) is 0 Å². The number of hydrogen-bond acceptors (Lipinski definition) is 4. The van der Waals surface area contributed by atoms with Gasteiger partial charge in [0, 0.05) is 44.5 Å². The van der Waals surface area contributed by atoms with Crippen LogP contribution in [0.1, 0.15) is 25.2 Å². The van der Waals surface area contributed by atoms with Crippen molar-refractivity contribution in [3.63, 3.8) is 0 Å². The average molecular weight is 318 g/mol. The molecular formula is C17H26N4S. The van der Waals surface area contributed by atoms with Crippen molar-refractivity contribution in [3.05, 3.63) is 40.6 Å². The molecule has 3 rings (SSSR count). The summed E-state index contributed by atoms with van der Waals surface area (Å²) < 4.78 is 2.35. The molecule has 0 amide bonds. The Hall–Kier alpha value is -1.17. The maximum absolute atomic E-state index is 4.56. The lowest BCUT2D eigenvalue weighted by atomic mass is 10.1. The highest BCUT2D eigenvalue weighted by atomic mass is 32.1. The Morgan fingerprint density at radius 3 is 2.91 bits per heavy atom. The van der Waals surface area contributed by atoms with Crippen molar-refractivity contribution in [2.45, 2.75) is 33.5 Å². The molecule has 2 aromatic heterocycles. The molecule has 2 aromatic rings. The second-order valence-corrected chi connectivity index (χ2v) is 6.93.